The number of H-pyrrole nitrogens is 2. The molecule has 0 saturated carbocycles. The molecule has 3 aromatic rings. The summed E-state index contributed by atoms with van der Waals surface area (Å²) in [5.74, 6) is 0. The molecule has 0 bridgehead atoms. The molecule has 0 aliphatic heterocycles. The fourth-order valence-electron chi connectivity index (χ4n) is 2.26. The maximum atomic E-state index is 12.0. The molecule has 3 rings (SSSR count). The van der Waals surface area contributed by atoms with Crippen LogP contribution in [0, 0.1) is 0 Å². The summed E-state index contributed by atoms with van der Waals surface area (Å²) in [4.78, 5) is 28.2. The smallest absolute Gasteiger partial charge is 0.326 e. The van der Waals surface area contributed by atoms with Crippen LogP contribution in [-0.2, 0) is 0 Å². The summed E-state index contributed by atoms with van der Waals surface area (Å²) in [7, 11) is 0. The molecular formula is C14H12N4O2. The molecule has 100 valence electrons. The highest BCUT2D eigenvalue weighted by atomic mass is 16.2. The van der Waals surface area contributed by atoms with E-state index in [9.17, 15) is 9.59 Å². The van der Waals surface area contributed by atoms with E-state index in [1.165, 1.54) is 0 Å². The molecule has 1 aromatic heterocycles. The number of fused-ring (bicyclic) bond motifs is 1. The van der Waals surface area contributed by atoms with Crippen LogP contribution in [0.25, 0.3) is 22.0 Å². The van der Waals surface area contributed by atoms with Gasteiger partial charge in [0.05, 0.1) is 10.9 Å². The van der Waals surface area contributed by atoms with Crippen molar-refractivity contribution in [3.05, 3.63) is 57.2 Å². The van der Waals surface area contributed by atoms with Gasteiger partial charge in [-0.1, -0.05) is 12.1 Å². The molecule has 0 aliphatic carbocycles. The molecule has 1 heterocycles. The predicted octanol–water partition coefficient (Wildman–Crippen LogP) is 1.05. The highest BCUT2D eigenvalue weighted by Gasteiger charge is 2.10. The lowest BCUT2D eigenvalue weighted by atomic mass is 10.00. The number of benzene rings is 2. The van der Waals surface area contributed by atoms with Gasteiger partial charge in [-0.05, 0) is 35.4 Å². The van der Waals surface area contributed by atoms with E-state index in [2.05, 4.69) is 9.97 Å². The summed E-state index contributed by atoms with van der Waals surface area (Å²) in [6, 6.07) is 10.4. The van der Waals surface area contributed by atoms with Gasteiger partial charge in [0.1, 0.15) is 0 Å². The van der Waals surface area contributed by atoms with Gasteiger partial charge >= 0.3 is 5.69 Å². The van der Waals surface area contributed by atoms with Crippen molar-refractivity contribution in [2.24, 2.45) is 0 Å². The number of aromatic amines is 2. The van der Waals surface area contributed by atoms with E-state index in [-0.39, 0.29) is 0 Å². The number of nitrogen functional groups attached to an aromatic ring is 2. The average molecular weight is 268 g/mol. The Kier molecular flexibility index (Phi) is 2.57. The van der Waals surface area contributed by atoms with Gasteiger partial charge in [-0.25, -0.2) is 4.79 Å². The normalized spacial score (nSPS) is 10.8. The number of hydrogen-bond acceptors (Lipinski definition) is 4. The highest BCUT2D eigenvalue weighted by molar-refractivity contribution is 5.96. The van der Waals surface area contributed by atoms with Crippen LogP contribution in [0.3, 0.4) is 0 Å². The second-order valence-electron chi connectivity index (χ2n) is 4.52. The van der Waals surface area contributed by atoms with Crippen molar-refractivity contribution in [2.75, 3.05) is 11.5 Å². The first-order valence-electron chi connectivity index (χ1n) is 5.96. The van der Waals surface area contributed by atoms with Crippen LogP contribution < -0.4 is 22.7 Å². The van der Waals surface area contributed by atoms with Crippen molar-refractivity contribution in [2.45, 2.75) is 0 Å². The number of nitrogens with two attached hydrogens (primary N) is 2. The molecule has 2 aromatic carbocycles. The van der Waals surface area contributed by atoms with Crippen LogP contribution in [0.4, 0.5) is 11.4 Å². The number of rotatable bonds is 1. The molecule has 0 amide bonds. The van der Waals surface area contributed by atoms with E-state index in [1.54, 1.807) is 30.3 Å². The summed E-state index contributed by atoms with van der Waals surface area (Å²) < 4.78 is 0. The first-order chi connectivity index (χ1) is 9.54. The van der Waals surface area contributed by atoms with Crippen LogP contribution in [0.15, 0.2) is 46.0 Å². The van der Waals surface area contributed by atoms with E-state index in [0.717, 1.165) is 5.56 Å². The minimum atomic E-state index is -0.563. The lowest BCUT2D eigenvalue weighted by Gasteiger charge is -2.08. The minimum absolute atomic E-state index is 0.379. The summed E-state index contributed by atoms with van der Waals surface area (Å²) in [5.41, 5.74) is 13.4. The third-order valence-electron chi connectivity index (χ3n) is 3.06. The second-order valence-corrected chi connectivity index (χ2v) is 4.52. The molecule has 6 heteroatoms. The van der Waals surface area contributed by atoms with Crippen molar-refractivity contribution in [1.29, 1.82) is 0 Å². The molecule has 0 saturated heterocycles. The summed E-state index contributed by atoms with van der Waals surface area (Å²) in [5, 5.41) is 0.379. The predicted molar refractivity (Wildman–Crippen MR) is 79.5 cm³/mol. The van der Waals surface area contributed by atoms with Crippen molar-refractivity contribution in [3.63, 3.8) is 0 Å². The fraction of sp³-hybridized carbons (Fsp3) is 0. The van der Waals surface area contributed by atoms with Gasteiger partial charge in [-0.3, -0.25) is 9.78 Å². The first-order valence-corrected chi connectivity index (χ1v) is 5.96. The second kappa shape index (κ2) is 4.27. The van der Waals surface area contributed by atoms with Gasteiger partial charge in [0.15, 0.2) is 0 Å². The minimum Gasteiger partial charge on any atom is -0.399 e. The van der Waals surface area contributed by atoms with Gasteiger partial charge in [-0.2, -0.15) is 0 Å². The maximum absolute atomic E-state index is 12.0. The van der Waals surface area contributed by atoms with E-state index in [0.29, 0.717) is 27.8 Å². The van der Waals surface area contributed by atoms with Crippen LogP contribution >= 0.6 is 0 Å². The Hall–Kier alpha value is -3.02. The zero-order valence-electron chi connectivity index (χ0n) is 10.4. The molecule has 0 fully saturated rings. The SMILES string of the molecule is Nc1cccc(-c2cc(N)cc3[nH]c(=O)[nH]c(=O)c23)c1. The number of anilines is 2. The van der Waals surface area contributed by atoms with E-state index in [4.69, 9.17) is 11.5 Å². The molecule has 0 aliphatic rings. The summed E-state index contributed by atoms with van der Waals surface area (Å²) in [6.07, 6.45) is 0. The topological polar surface area (TPSA) is 118 Å². The van der Waals surface area contributed by atoms with Gasteiger partial charge < -0.3 is 16.5 Å². The molecule has 0 atom stereocenters. The average Bonchev–Trinajstić information content (AvgIpc) is 2.36. The van der Waals surface area contributed by atoms with E-state index in [1.807, 2.05) is 6.07 Å². The molecule has 0 spiro atoms. The standard InChI is InChI=1S/C14H12N4O2/c15-8-3-1-2-7(4-8)10-5-9(16)6-11-12(10)13(19)18-14(20)17-11/h1-6H,15-16H2,(H2,17,18,19,20). The van der Waals surface area contributed by atoms with Crippen molar-refractivity contribution in [3.8, 4) is 11.1 Å². The lowest BCUT2D eigenvalue weighted by molar-refractivity contribution is 1.08. The summed E-state index contributed by atoms with van der Waals surface area (Å²) in [6.45, 7) is 0. The Labute approximate surface area is 113 Å². The zero-order valence-corrected chi connectivity index (χ0v) is 10.4. The van der Waals surface area contributed by atoms with E-state index >= 15 is 0 Å². The molecule has 0 radical (unpaired) electrons. The molecule has 20 heavy (non-hydrogen) atoms. The number of aromatic nitrogens is 2. The summed E-state index contributed by atoms with van der Waals surface area (Å²) >= 11 is 0. The Morgan fingerprint density at radius 2 is 1.70 bits per heavy atom. The number of nitrogens with one attached hydrogen (secondary N) is 2. The monoisotopic (exact) mass is 268 g/mol. The van der Waals surface area contributed by atoms with Crippen LogP contribution in [0.1, 0.15) is 0 Å². The number of hydrogen-bond donors (Lipinski definition) is 4. The van der Waals surface area contributed by atoms with Crippen molar-refractivity contribution < 1.29 is 0 Å². The maximum Gasteiger partial charge on any atom is 0.326 e. The van der Waals surface area contributed by atoms with Crippen LogP contribution in [0.2, 0.25) is 0 Å². The van der Waals surface area contributed by atoms with Crippen LogP contribution in [0.5, 0.6) is 0 Å². The van der Waals surface area contributed by atoms with Crippen LogP contribution in [-0.4, -0.2) is 9.97 Å². The zero-order chi connectivity index (χ0) is 14.3. The Morgan fingerprint density at radius 3 is 2.45 bits per heavy atom. The van der Waals surface area contributed by atoms with Gasteiger partial charge in [0.25, 0.3) is 5.56 Å². The third kappa shape index (κ3) is 1.93. The Morgan fingerprint density at radius 1 is 0.900 bits per heavy atom. The molecule has 0 unspecified atom stereocenters. The fourth-order valence-corrected chi connectivity index (χ4v) is 2.26. The quantitative estimate of drug-likeness (QED) is 0.493. The highest BCUT2D eigenvalue weighted by Crippen LogP contribution is 2.28. The van der Waals surface area contributed by atoms with Gasteiger partial charge in [0.2, 0.25) is 0 Å². The van der Waals surface area contributed by atoms with Crippen molar-refractivity contribution >= 4 is 22.3 Å². The Bertz CT molecular complexity index is 924. The van der Waals surface area contributed by atoms with Crippen molar-refractivity contribution in [1.82, 2.24) is 9.97 Å². The third-order valence-corrected chi connectivity index (χ3v) is 3.06. The molecule has 6 N–H and O–H groups in total. The van der Waals surface area contributed by atoms with Gasteiger partial charge in [-0.15, -0.1) is 0 Å². The Balaban J connectivity index is 2.47. The molecular weight excluding hydrogens is 256 g/mol. The van der Waals surface area contributed by atoms with Gasteiger partial charge in [0, 0.05) is 11.4 Å². The first kappa shape index (κ1) is 12.0. The molecule has 6 nitrogen and oxygen atoms in total. The van der Waals surface area contributed by atoms with E-state index < -0.39 is 11.2 Å². The largest absolute Gasteiger partial charge is 0.399 e. The lowest BCUT2D eigenvalue weighted by Crippen LogP contribution is -2.22.